The first-order chi connectivity index (χ1) is 8.85. The van der Waals surface area contributed by atoms with E-state index >= 15 is 0 Å². The molecule has 1 amide bonds. The van der Waals surface area contributed by atoms with Gasteiger partial charge < -0.3 is 16.0 Å². The van der Waals surface area contributed by atoms with Crippen molar-refractivity contribution in [2.45, 2.75) is 26.4 Å². The molecule has 4 nitrogen and oxygen atoms in total. The highest BCUT2D eigenvalue weighted by atomic mass is 19.1. The van der Waals surface area contributed by atoms with Crippen LogP contribution >= 0.6 is 0 Å². The summed E-state index contributed by atoms with van der Waals surface area (Å²) in [5.74, 6) is -1.74. The van der Waals surface area contributed by atoms with Gasteiger partial charge in [-0.2, -0.15) is 0 Å². The van der Waals surface area contributed by atoms with Gasteiger partial charge in [0.1, 0.15) is 17.3 Å². The topological polar surface area (TPSA) is 58.4 Å². The molecule has 0 aliphatic rings. The Morgan fingerprint density at radius 2 is 1.89 bits per heavy atom. The van der Waals surface area contributed by atoms with Crippen molar-refractivity contribution in [1.29, 1.82) is 0 Å². The summed E-state index contributed by atoms with van der Waals surface area (Å²) in [5.41, 5.74) is 5.49. The molecule has 0 spiro atoms. The third kappa shape index (κ3) is 4.17. The molecule has 0 saturated heterocycles. The lowest BCUT2D eigenvalue weighted by atomic mass is 10.1. The monoisotopic (exact) mass is 271 g/mol. The van der Waals surface area contributed by atoms with E-state index in [2.05, 4.69) is 5.32 Å². The number of carbonyl (C=O) groups excluding carboxylic acids is 1. The lowest BCUT2D eigenvalue weighted by Crippen LogP contribution is -2.39. The maximum atomic E-state index is 13.8. The number of anilines is 1. The minimum absolute atomic E-state index is 0.0183. The molecule has 0 heterocycles. The van der Waals surface area contributed by atoms with E-state index in [1.54, 1.807) is 0 Å². The van der Waals surface area contributed by atoms with Crippen LogP contribution < -0.4 is 16.0 Å². The molecule has 0 atom stereocenters. The van der Waals surface area contributed by atoms with E-state index in [0.29, 0.717) is 5.56 Å². The summed E-state index contributed by atoms with van der Waals surface area (Å²) in [4.78, 5) is 12.8. The molecule has 0 unspecified atom stereocenters. The van der Waals surface area contributed by atoms with Crippen molar-refractivity contribution in [3.63, 3.8) is 0 Å². The molecule has 19 heavy (non-hydrogen) atoms. The molecule has 0 fully saturated rings. The highest BCUT2D eigenvalue weighted by molar-refractivity contribution is 5.81. The second-order valence-corrected chi connectivity index (χ2v) is 4.69. The first kappa shape index (κ1) is 15.4. The smallest absolute Gasteiger partial charge is 0.239 e. The second kappa shape index (κ2) is 6.47. The number of likely N-dealkylation sites (N-methyl/N-ethyl adjacent to an activating group) is 1. The van der Waals surface area contributed by atoms with Gasteiger partial charge in [-0.3, -0.25) is 4.79 Å². The van der Waals surface area contributed by atoms with E-state index in [-0.39, 0.29) is 30.7 Å². The maximum Gasteiger partial charge on any atom is 0.239 e. The van der Waals surface area contributed by atoms with Crippen molar-refractivity contribution in [2.75, 3.05) is 18.5 Å². The Hall–Kier alpha value is -1.69. The van der Waals surface area contributed by atoms with Crippen LogP contribution in [0.25, 0.3) is 0 Å². The fourth-order valence-corrected chi connectivity index (χ4v) is 1.76. The quantitative estimate of drug-likeness (QED) is 0.850. The zero-order valence-corrected chi connectivity index (χ0v) is 11.3. The number of nitrogens with two attached hydrogens (primary N) is 1. The Kier molecular flexibility index (Phi) is 5.23. The molecule has 0 saturated carbocycles. The molecule has 1 aromatic carbocycles. The molecule has 6 heteroatoms. The van der Waals surface area contributed by atoms with Gasteiger partial charge in [-0.25, -0.2) is 8.78 Å². The Labute approximate surface area is 111 Å². The molecular weight excluding hydrogens is 252 g/mol. The van der Waals surface area contributed by atoms with Crippen LogP contribution in [0.15, 0.2) is 12.1 Å². The molecule has 0 aliphatic carbocycles. The van der Waals surface area contributed by atoms with Gasteiger partial charge in [-0.05, 0) is 31.5 Å². The fraction of sp³-hybridized carbons (Fsp3) is 0.462. The van der Waals surface area contributed by atoms with Gasteiger partial charge in [0.15, 0.2) is 0 Å². The number of rotatable bonds is 5. The van der Waals surface area contributed by atoms with Gasteiger partial charge in [0.2, 0.25) is 5.91 Å². The molecule has 0 radical (unpaired) electrons. The average Bonchev–Trinajstić information content (AvgIpc) is 2.26. The van der Waals surface area contributed by atoms with Crippen LogP contribution in [0.2, 0.25) is 0 Å². The first-order valence-corrected chi connectivity index (χ1v) is 6.03. The second-order valence-electron chi connectivity index (χ2n) is 4.69. The zero-order chi connectivity index (χ0) is 14.6. The van der Waals surface area contributed by atoms with Crippen LogP contribution in [0.1, 0.15) is 19.4 Å². The summed E-state index contributed by atoms with van der Waals surface area (Å²) in [6.07, 6.45) is 0. The third-order valence-corrected chi connectivity index (χ3v) is 2.52. The number of benzene rings is 1. The summed E-state index contributed by atoms with van der Waals surface area (Å²) < 4.78 is 27.6. The summed E-state index contributed by atoms with van der Waals surface area (Å²) in [6.45, 7) is 3.57. The van der Waals surface area contributed by atoms with Crippen molar-refractivity contribution in [3.8, 4) is 0 Å². The van der Waals surface area contributed by atoms with Crippen LogP contribution in [0.4, 0.5) is 14.5 Å². The lowest BCUT2D eigenvalue weighted by molar-refractivity contribution is -0.120. The Morgan fingerprint density at radius 3 is 2.32 bits per heavy atom. The van der Waals surface area contributed by atoms with Gasteiger partial charge in [-0.15, -0.1) is 0 Å². The predicted molar refractivity (Wildman–Crippen MR) is 70.8 cm³/mol. The minimum Gasteiger partial charge on any atom is -0.361 e. The molecule has 1 aromatic rings. The number of hydrogen-bond donors (Lipinski definition) is 2. The number of amides is 1. The number of nitrogens with zero attached hydrogens (tertiary/aromatic N) is 1. The van der Waals surface area contributed by atoms with Crippen molar-refractivity contribution in [2.24, 2.45) is 5.73 Å². The van der Waals surface area contributed by atoms with Crippen molar-refractivity contribution in [1.82, 2.24) is 5.32 Å². The Bertz CT molecular complexity index is 440. The minimum atomic E-state index is -0.722. The Morgan fingerprint density at radius 1 is 1.37 bits per heavy atom. The molecular formula is C13H19F2N3O. The van der Waals surface area contributed by atoms with Crippen LogP contribution in [0.5, 0.6) is 0 Å². The van der Waals surface area contributed by atoms with E-state index in [0.717, 1.165) is 0 Å². The number of carbonyl (C=O) groups is 1. The molecule has 3 N–H and O–H groups in total. The van der Waals surface area contributed by atoms with Crippen LogP contribution in [-0.4, -0.2) is 25.5 Å². The molecule has 106 valence electrons. The summed E-state index contributed by atoms with van der Waals surface area (Å²) in [7, 11) is 1.46. The lowest BCUT2D eigenvalue weighted by Gasteiger charge is -2.21. The highest BCUT2D eigenvalue weighted by Gasteiger charge is 2.17. The number of hydrogen-bond acceptors (Lipinski definition) is 3. The fourth-order valence-electron chi connectivity index (χ4n) is 1.76. The normalized spacial score (nSPS) is 10.7. The van der Waals surface area contributed by atoms with E-state index in [1.165, 1.54) is 24.1 Å². The molecule has 0 bridgehead atoms. The number of nitrogens with one attached hydrogen (secondary N) is 1. The van der Waals surface area contributed by atoms with E-state index < -0.39 is 11.6 Å². The van der Waals surface area contributed by atoms with Gasteiger partial charge >= 0.3 is 0 Å². The summed E-state index contributed by atoms with van der Waals surface area (Å²) in [6, 6.07) is 2.33. The molecule has 1 rings (SSSR count). The van der Waals surface area contributed by atoms with E-state index in [9.17, 15) is 13.6 Å². The van der Waals surface area contributed by atoms with E-state index in [4.69, 9.17) is 5.73 Å². The average molecular weight is 271 g/mol. The standard InChI is InChI=1S/C13H19F2N3O/c1-8(2)17-12(19)7-18(3)13-10(14)4-9(6-16)5-11(13)15/h4-5,8H,6-7,16H2,1-3H3,(H,17,19). The van der Waals surface area contributed by atoms with Gasteiger partial charge in [0.05, 0.1) is 6.54 Å². The Balaban J connectivity index is 2.88. The largest absolute Gasteiger partial charge is 0.361 e. The van der Waals surface area contributed by atoms with E-state index in [1.807, 2.05) is 13.8 Å². The van der Waals surface area contributed by atoms with Gasteiger partial charge in [-0.1, -0.05) is 0 Å². The van der Waals surface area contributed by atoms with Crippen molar-refractivity contribution in [3.05, 3.63) is 29.3 Å². The van der Waals surface area contributed by atoms with Crippen LogP contribution in [0, 0.1) is 11.6 Å². The molecule has 0 aliphatic heterocycles. The first-order valence-electron chi connectivity index (χ1n) is 6.03. The predicted octanol–water partition coefficient (Wildman–Crippen LogP) is 1.38. The van der Waals surface area contributed by atoms with Crippen LogP contribution in [-0.2, 0) is 11.3 Å². The van der Waals surface area contributed by atoms with Crippen LogP contribution in [0.3, 0.4) is 0 Å². The third-order valence-electron chi connectivity index (χ3n) is 2.52. The SMILES string of the molecule is CC(C)NC(=O)CN(C)c1c(F)cc(CN)cc1F. The highest BCUT2D eigenvalue weighted by Crippen LogP contribution is 2.23. The molecule has 0 aromatic heterocycles. The van der Waals surface area contributed by atoms with Gasteiger partial charge in [0, 0.05) is 19.6 Å². The number of halogens is 2. The maximum absolute atomic E-state index is 13.8. The van der Waals surface area contributed by atoms with Crippen molar-refractivity contribution >= 4 is 11.6 Å². The summed E-state index contributed by atoms with van der Waals surface area (Å²) in [5, 5.41) is 2.66. The van der Waals surface area contributed by atoms with Crippen molar-refractivity contribution < 1.29 is 13.6 Å². The van der Waals surface area contributed by atoms with Gasteiger partial charge in [0.25, 0.3) is 0 Å². The summed E-state index contributed by atoms with van der Waals surface area (Å²) >= 11 is 0. The zero-order valence-electron chi connectivity index (χ0n) is 11.3.